The maximum atomic E-state index is 13.7. The zero-order valence-electron chi connectivity index (χ0n) is 17.3. The van der Waals surface area contributed by atoms with E-state index in [1.807, 2.05) is 30.7 Å². The van der Waals surface area contributed by atoms with E-state index in [9.17, 15) is 4.39 Å². The van der Waals surface area contributed by atoms with Crippen molar-refractivity contribution < 1.29 is 4.39 Å². The van der Waals surface area contributed by atoms with Gasteiger partial charge < -0.3 is 9.88 Å². The number of aryl methyl sites for hydroxylation is 1. The van der Waals surface area contributed by atoms with Gasteiger partial charge in [-0.25, -0.2) is 19.3 Å². The lowest BCUT2D eigenvalue weighted by Crippen LogP contribution is -2.27. The zero-order chi connectivity index (χ0) is 21.7. The number of pyridine rings is 3. The van der Waals surface area contributed by atoms with Crippen LogP contribution in [0.2, 0.25) is 0 Å². The summed E-state index contributed by atoms with van der Waals surface area (Å²) in [6.45, 7) is 4.27. The van der Waals surface area contributed by atoms with Crippen LogP contribution >= 0.6 is 0 Å². The Labute approximate surface area is 182 Å². The molecule has 0 aliphatic carbocycles. The fourth-order valence-corrected chi connectivity index (χ4v) is 4.08. The van der Waals surface area contributed by atoms with Gasteiger partial charge in [-0.05, 0) is 37.3 Å². The van der Waals surface area contributed by atoms with Gasteiger partial charge in [-0.2, -0.15) is 5.10 Å². The molecule has 158 valence electrons. The highest BCUT2D eigenvalue weighted by molar-refractivity contribution is 5.84. The second-order valence-electron chi connectivity index (χ2n) is 7.79. The van der Waals surface area contributed by atoms with Crippen LogP contribution < -0.4 is 5.32 Å². The summed E-state index contributed by atoms with van der Waals surface area (Å²) < 4.78 is 15.9. The van der Waals surface area contributed by atoms with Crippen molar-refractivity contribution in [3.05, 3.63) is 66.3 Å². The van der Waals surface area contributed by atoms with Gasteiger partial charge in [0.05, 0.1) is 57.7 Å². The fourth-order valence-electron chi connectivity index (χ4n) is 4.08. The van der Waals surface area contributed by atoms with E-state index >= 15 is 0 Å². The molecule has 0 unspecified atom stereocenters. The Hall–Kier alpha value is -3.98. The molecule has 0 spiro atoms. The normalized spacial score (nSPS) is 13.4. The first-order valence-electron chi connectivity index (χ1n) is 10.4. The first-order chi connectivity index (χ1) is 15.7. The van der Waals surface area contributed by atoms with Crippen molar-refractivity contribution in [2.75, 3.05) is 6.54 Å². The van der Waals surface area contributed by atoms with E-state index in [-0.39, 0.29) is 5.82 Å². The summed E-state index contributed by atoms with van der Waals surface area (Å²) in [4.78, 5) is 18.4. The molecule has 0 bridgehead atoms. The zero-order valence-corrected chi connectivity index (χ0v) is 17.3. The lowest BCUT2D eigenvalue weighted by molar-refractivity contribution is 0.517. The van der Waals surface area contributed by atoms with E-state index in [4.69, 9.17) is 4.98 Å². The van der Waals surface area contributed by atoms with Crippen LogP contribution in [0.25, 0.3) is 44.9 Å². The van der Waals surface area contributed by atoms with Gasteiger partial charge >= 0.3 is 0 Å². The van der Waals surface area contributed by atoms with Crippen LogP contribution in [0.15, 0.2) is 49.1 Å². The number of hydrogen-bond acceptors (Lipinski definition) is 6. The highest BCUT2D eigenvalue weighted by atomic mass is 19.1. The molecule has 32 heavy (non-hydrogen) atoms. The molecule has 0 fully saturated rings. The summed E-state index contributed by atoms with van der Waals surface area (Å²) in [7, 11) is 0. The molecule has 0 saturated heterocycles. The maximum absolute atomic E-state index is 13.7. The molecule has 0 atom stereocenters. The van der Waals surface area contributed by atoms with Crippen molar-refractivity contribution in [3.63, 3.8) is 0 Å². The van der Waals surface area contributed by atoms with Crippen molar-refractivity contribution in [1.82, 2.24) is 40.0 Å². The van der Waals surface area contributed by atoms with Gasteiger partial charge in [0.25, 0.3) is 0 Å². The molecule has 6 heterocycles. The lowest BCUT2D eigenvalue weighted by Gasteiger charge is -2.16. The minimum atomic E-state index is -0.339. The third kappa shape index (κ3) is 3.05. The molecule has 8 nitrogen and oxygen atoms in total. The second kappa shape index (κ2) is 7.31. The number of H-pyrrole nitrogens is 1. The molecule has 9 heteroatoms. The first kappa shape index (κ1) is 18.8. The van der Waals surface area contributed by atoms with Crippen LogP contribution in [0, 0.1) is 12.7 Å². The Morgan fingerprint density at radius 1 is 1.00 bits per heavy atom. The van der Waals surface area contributed by atoms with Gasteiger partial charge in [0.1, 0.15) is 5.82 Å². The molecule has 5 aromatic rings. The molecule has 1 aliphatic rings. The van der Waals surface area contributed by atoms with Gasteiger partial charge in [-0.15, -0.1) is 0 Å². The Morgan fingerprint density at radius 3 is 2.81 bits per heavy atom. The van der Waals surface area contributed by atoms with Gasteiger partial charge in [-0.3, -0.25) is 10.1 Å². The number of fused-ring (bicyclic) bond motifs is 2. The predicted octanol–water partition coefficient (Wildman–Crippen LogP) is 3.50. The number of nitrogens with one attached hydrogen (secondary N) is 2. The molecular weight excluding hydrogens is 407 g/mol. The molecule has 0 saturated carbocycles. The molecular formula is C23H19FN8. The molecule has 0 aromatic carbocycles. The Morgan fingerprint density at radius 2 is 1.91 bits per heavy atom. The van der Waals surface area contributed by atoms with Gasteiger partial charge in [-0.1, -0.05) is 0 Å². The van der Waals surface area contributed by atoms with Crippen LogP contribution in [0.4, 0.5) is 4.39 Å². The fraction of sp³-hybridized carbons (Fsp3) is 0.174. The molecule has 5 aromatic heterocycles. The SMILES string of the molecule is Cc1nc(-c2[nH]ncc2-c2ccc3ncc(-c4ncn5c4CNCC5)cc3n2)ccc1F. The number of rotatable bonds is 3. The summed E-state index contributed by atoms with van der Waals surface area (Å²) in [6, 6.07) is 8.90. The molecule has 2 N–H and O–H groups in total. The summed E-state index contributed by atoms with van der Waals surface area (Å²) in [5.41, 5.74) is 7.74. The summed E-state index contributed by atoms with van der Waals surface area (Å²) in [6.07, 6.45) is 5.43. The number of nitrogens with zero attached hydrogens (tertiary/aromatic N) is 6. The standard InChI is InChI=1S/C23H19FN8/c1-13-16(24)2-3-19(29-13)23-15(10-28-31-23)17-4-5-18-20(30-17)8-14(9-26-18)22-21-11-25-6-7-32(21)12-27-22/h2-5,8-10,12,25H,6-7,11H2,1H3,(H,28,31). The van der Waals surface area contributed by atoms with E-state index in [0.717, 1.165) is 58.9 Å². The maximum Gasteiger partial charge on any atom is 0.144 e. The van der Waals surface area contributed by atoms with Crippen molar-refractivity contribution in [2.45, 2.75) is 20.0 Å². The third-order valence-corrected chi connectivity index (χ3v) is 5.77. The lowest BCUT2D eigenvalue weighted by atomic mass is 10.1. The van der Waals surface area contributed by atoms with Crippen LogP contribution in [0.1, 0.15) is 11.4 Å². The molecule has 0 amide bonds. The minimum absolute atomic E-state index is 0.334. The number of aromatic amines is 1. The van der Waals surface area contributed by atoms with Crippen molar-refractivity contribution in [2.24, 2.45) is 0 Å². The van der Waals surface area contributed by atoms with Crippen LogP contribution in [-0.4, -0.2) is 41.2 Å². The quantitative estimate of drug-likeness (QED) is 0.458. The number of aromatic nitrogens is 7. The second-order valence-corrected chi connectivity index (χ2v) is 7.79. The van der Waals surface area contributed by atoms with Crippen LogP contribution in [0.3, 0.4) is 0 Å². The van der Waals surface area contributed by atoms with Gasteiger partial charge in [0, 0.05) is 37.0 Å². The number of halogens is 1. The van der Waals surface area contributed by atoms with Gasteiger partial charge in [0.15, 0.2) is 0 Å². The van der Waals surface area contributed by atoms with Crippen molar-refractivity contribution in [3.8, 4) is 33.9 Å². The average Bonchev–Trinajstić information content (AvgIpc) is 3.48. The van der Waals surface area contributed by atoms with Gasteiger partial charge in [0.2, 0.25) is 0 Å². The van der Waals surface area contributed by atoms with Crippen molar-refractivity contribution in [1.29, 1.82) is 0 Å². The average molecular weight is 426 g/mol. The summed E-state index contributed by atoms with van der Waals surface area (Å²) in [5, 5.41) is 10.5. The van der Waals surface area contributed by atoms with E-state index in [2.05, 4.69) is 35.0 Å². The molecule has 0 radical (unpaired) electrons. The third-order valence-electron chi connectivity index (χ3n) is 5.77. The smallest absolute Gasteiger partial charge is 0.144 e. The summed E-state index contributed by atoms with van der Waals surface area (Å²) >= 11 is 0. The van der Waals surface area contributed by atoms with Crippen LogP contribution in [0.5, 0.6) is 0 Å². The van der Waals surface area contributed by atoms with E-state index in [1.54, 1.807) is 19.2 Å². The topological polar surface area (TPSA) is 97.2 Å². The van der Waals surface area contributed by atoms with Crippen LogP contribution in [-0.2, 0) is 13.1 Å². The highest BCUT2D eigenvalue weighted by Crippen LogP contribution is 2.31. The Bertz CT molecular complexity index is 1470. The highest BCUT2D eigenvalue weighted by Gasteiger charge is 2.18. The van der Waals surface area contributed by atoms with Crippen molar-refractivity contribution >= 4 is 11.0 Å². The van der Waals surface area contributed by atoms with E-state index in [0.29, 0.717) is 17.1 Å². The Kier molecular flexibility index (Phi) is 4.29. The first-order valence-corrected chi connectivity index (χ1v) is 10.4. The minimum Gasteiger partial charge on any atom is -0.332 e. The Balaban J connectivity index is 1.43. The predicted molar refractivity (Wildman–Crippen MR) is 118 cm³/mol. The molecule has 1 aliphatic heterocycles. The molecule has 6 rings (SSSR count). The monoisotopic (exact) mass is 426 g/mol. The number of hydrogen-bond donors (Lipinski definition) is 2. The largest absolute Gasteiger partial charge is 0.332 e. The van der Waals surface area contributed by atoms with E-state index in [1.165, 1.54) is 6.07 Å². The number of imidazole rings is 1. The summed E-state index contributed by atoms with van der Waals surface area (Å²) in [5.74, 6) is -0.339. The van der Waals surface area contributed by atoms with E-state index < -0.39 is 0 Å².